The van der Waals surface area contributed by atoms with Crippen LogP contribution in [-0.2, 0) is 6.54 Å². The Kier molecular flexibility index (Phi) is 2.86. The van der Waals surface area contributed by atoms with E-state index in [9.17, 15) is 4.79 Å². The lowest BCUT2D eigenvalue weighted by Gasteiger charge is -2.14. The van der Waals surface area contributed by atoms with Gasteiger partial charge in [0.2, 0.25) is 0 Å². The van der Waals surface area contributed by atoms with Gasteiger partial charge in [-0.3, -0.25) is 9.36 Å². The Morgan fingerprint density at radius 3 is 2.83 bits per heavy atom. The second-order valence-corrected chi connectivity index (χ2v) is 5.62. The Morgan fingerprint density at radius 1 is 1.44 bits per heavy atom. The van der Waals surface area contributed by atoms with Gasteiger partial charge in [-0.05, 0) is 37.8 Å². The Labute approximate surface area is 110 Å². The number of rotatable bonds is 3. The number of alkyl halides is 1. The Hall–Kier alpha value is -1.35. The molecule has 1 unspecified atom stereocenters. The number of fused-ring (bicyclic) bond motifs is 1. The van der Waals surface area contributed by atoms with Gasteiger partial charge in [-0.25, -0.2) is 4.98 Å². The van der Waals surface area contributed by atoms with Crippen LogP contribution in [-0.4, -0.2) is 9.55 Å². The van der Waals surface area contributed by atoms with Gasteiger partial charge in [-0.1, -0.05) is 12.1 Å². The highest BCUT2D eigenvalue weighted by atomic mass is 35.5. The molecule has 1 fully saturated rings. The van der Waals surface area contributed by atoms with Crippen molar-refractivity contribution >= 4 is 22.5 Å². The van der Waals surface area contributed by atoms with Crippen LogP contribution in [0.15, 0.2) is 29.1 Å². The van der Waals surface area contributed by atoms with Crippen LogP contribution < -0.4 is 5.56 Å². The van der Waals surface area contributed by atoms with E-state index in [1.807, 2.05) is 31.2 Å². The van der Waals surface area contributed by atoms with Crippen molar-refractivity contribution in [2.45, 2.75) is 31.7 Å². The Morgan fingerprint density at radius 2 is 2.17 bits per heavy atom. The van der Waals surface area contributed by atoms with Crippen molar-refractivity contribution in [3.63, 3.8) is 0 Å². The van der Waals surface area contributed by atoms with Gasteiger partial charge in [-0.2, -0.15) is 0 Å². The van der Waals surface area contributed by atoms with Crippen molar-refractivity contribution in [2.75, 3.05) is 0 Å². The number of aromatic nitrogens is 2. The first-order valence-electron chi connectivity index (χ1n) is 6.30. The maximum Gasteiger partial charge on any atom is 0.261 e. The SMILES string of the molecule is CC(Cl)c1nc2ccccc2c(=O)n1CC1CC1. The van der Waals surface area contributed by atoms with E-state index in [0.717, 1.165) is 12.1 Å². The molecule has 0 aliphatic heterocycles. The van der Waals surface area contributed by atoms with E-state index in [-0.39, 0.29) is 10.9 Å². The number of benzene rings is 1. The zero-order valence-electron chi connectivity index (χ0n) is 10.3. The molecule has 3 nitrogen and oxygen atoms in total. The summed E-state index contributed by atoms with van der Waals surface area (Å²) < 4.78 is 1.76. The highest BCUT2D eigenvalue weighted by Crippen LogP contribution is 2.31. The molecule has 1 saturated carbocycles. The molecule has 2 aromatic rings. The lowest BCUT2D eigenvalue weighted by molar-refractivity contribution is 0.568. The number of para-hydroxylation sites is 1. The van der Waals surface area contributed by atoms with Crippen LogP contribution in [0.3, 0.4) is 0 Å². The van der Waals surface area contributed by atoms with E-state index in [1.165, 1.54) is 12.8 Å². The molecule has 1 aliphatic carbocycles. The first-order valence-corrected chi connectivity index (χ1v) is 6.74. The quantitative estimate of drug-likeness (QED) is 0.797. The molecular weight excluding hydrogens is 248 g/mol. The predicted molar refractivity (Wildman–Crippen MR) is 73.0 cm³/mol. The fourth-order valence-electron chi connectivity index (χ4n) is 2.22. The summed E-state index contributed by atoms with van der Waals surface area (Å²) in [4.78, 5) is 17.0. The fourth-order valence-corrected chi connectivity index (χ4v) is 2.39. The molecule has 1 aliphatic rings. The van der Waals surface area contributed by atoms with Gasteiger partial charge in [0, 0.05) is 6.54 Å². The number of halogens is 1. The first kappa shape index (κ1) is 11.7. The average molecular weight is 263 g/mol. The third kappa shape index (κ3) is 2.03. The topological polar surface area (TPSA) is 34.9 Å². The summed E-state index contributed by atoms with van der Waals surface area (Å²) in [6.07, 6.45) is 2.41. The molecule has 94 valence electrons. The summed E-state index contributed by atoms with van der Waals surface area (Å²) >= 11 is 6.16. The van der Waals surface area contributed by atoms with Gasteiger partial charge in [0.15, 0.2) is 0 Å². The molecule has 0 bridgehead atoms. The second-order valence-electron chi connectivity index (χ2n) is 4.96. The molecule has 1 aromatic carbocycles. The zero-order chi connectivity index (χ0) is 12.7. The van der Waals surface area contributed by atoms with Crippen LogP contribution in [0.4, 0.5) is 0 Å². The van der Waals surface area contributed by atoms with Crippen LogP contribution in [0.25, 0.3) is 10.9 Å². The maximum absolute atomic E-state index is 12.5. The average Bonchev–Trinajstić information content (AvgIpc) is 3.16. The van der Waals surface area contributed by atoms with E-state index >= 15 is 0 Å². The molecule has 0 amide bonds. The van der Waals surface area contributed by atoms with Crippen molar-refractivity contribution < 1.29 is 0 Å². The first-order chi connectivity index (χ1) is 8.66. The lowest BCUT2D eigenvalue weighted by atomic mass is 10.2. The second kappa shape index (κ2) is 4.39. The van der Waals surface area contributed by atoms with Crippen LogP contribution in [0.5, 0.6) is 0 Å². The van der Waals surface area contributed by atoms with Gasteiger partial charge in [0.1, 0.15) is 5.82 Å². The molecule has 0 saturated heterocycles. The molecule has 18 heavy (non-hydrogen) atoms. The molecule has 0 N–H and O–H groups in total. The maximum atomic E-state index is 12.5. The highest BCUT2D eigenvalue weighted by Gasteiger charge is 2.25. The molecule has 1 atom stereocenters. The van der Waals surface area contributed by atoms with Crippen LogP contribution in [0, 0.1) is 5.92 Å². The van der Waals surface area contributed by atoms with Gasteiger partial charge in [0.05, 0.1) is 16.3 Å². The van der Waals surface area contributed by atoms with Gasteiger partial charge in [0.25, 0.3) is 5.56 Å². The molecule has 3 rings (SSSR count). The van der Waals surface area contributed by atoms with Crippen molar-refractivity contribution in [1.82, 2.24) is 9.55 Å². The van der Waals surface area contributed by atoms with Gasteiger partial charge < -0.3 is 0 Å². The summed E-state index contributed by atoms with van der Waals surface area (Å²) in [6.45, 7) is 2.62. The van der Waals surface area contributed by atoms with E-state index in [4.69, 9.17) is 11.6 Å². The summed E-state index contributed by atoms with van der Waals surface area (Å²) in [5.41, 5.74) is 0.770. The predicted octanol–water partition coefficient (Wildman–Crippen LogP) is 3.11. The smallest absolute Gasteiger partial charge is 0.261 e. The minimum atomic E-state index is -0.249. The van der Waals surface area contributed by atoms with E-state index in [2.05, 4.69) is 4.98 Å². The third-order valence-corrected chi connectivity index (χ3v) is 3.58. The van der Waals surface area contributed by atoms with Crippen molar-refractivity contribution in [3.05, 3.63) is 40.4 Å². The number of hydrogen-bond acceptors (Lipinski definition) is 2. The van der Waals surface area contributed by atoms with Crippen molar-refractivity contribution in [3.8, 4) is 0 Å². The van der Waals surface area contributed by atoms with Crippen LogP contribution in [0.2, 0.25) is 0 Å². The summed E-state index contributed by atoms with van der Waals surface area (Å²) in [6, 6.07) is 7.46. The molecule has 0 spiro atoms. The number of nitrogens with zero attached hydrogens (tertiary/aromatic N) is 2. The minimum absolute atomic E-state index is 0.0370. The van der Waals surface area contributed by atoms with E-state index < -0.39 is 0 Å². The standard InChI is InChI=1S/C14H15ClN2O/c1-9(15)13-16-12-5-3-2-4-11(12)14(18)17(13)8-10-6-7-10/h2-5,9-10H,6-8H2,1H3. The summed E-state index contributed by atoms with van der Waals surface area (Å²) in [7, 11) is 0. The van der Waals surface area contributed by atoms with Crippen LogP contribution in [0.1, 0.15) is 31.0 Å². The minimum Gasteiger partial charge on any atom is -0.295 e. The zero-order valence-corrected chi connectivity index (χ0v) is 11.0. The van der Waals surface area contributed by atoms with E-state index in [0.29, 0.717) is 17.1 Å². The lowest BCUT2D eigenvalue weighted by Crippen LogP contribution is -2.26. The molecular formula is C14H15ClN2O. The monoisotopic (exact) mass is 262 g/mol. The van der Waals surface area contributed by atoms with Crippen molar-refractivity contribution in [1.29, 1.82) is 0 Å². The molecule has 1 aromatic heterocycles. The van der Waals surface area contributed by atoms with Gasteiger partial charge in [-0.15, -0.1) is 11.6 Å². The number of hydrogen-bond donors (Lipinski definition) is 0. The highest BCUT2D eigenvalue weighted by molar-refractivity contribution is 6.20. The Balaban J connectivity index is 2.25. The molecule has 0 radical (unpaired) electrons. The van der Waals surface area contributed by atoms with Crippen molar-refractivity contribution in [2.24, 2.45) is 5.92 Å². The fraction of sp³-hybridized carbons (Fsp3) is 0.429. The third-order valence-electron chi connectivity index (χ3n) is 3.38. The van der Waals surface area contributed by atoms with Gasteiger partial charge >= 0.3 is 0 Å². The summed E-state index contributed by atoms with van der Waals surface area (Å²) in [5, 5.41) is 0.431. The summed E-state index contributed by atoms with van der Waals surface area (Å²) in [5.74, 6) is 1.31. The van der Waals surface area contributed by atoms with E-state index in [1.54, 1.807) is 4.57 Å². The Bertz CT molecular complexity index is 644. The normalized spacial score (nSPS) is 17.0. The van der Waals surface area contributed by atoms with Crippen LogP contribution >= 0.6 is 11.6 Å². The molecule has 1 heterocycles. The molecule has 4 heteroatoms. The largest absolute Gasteiger partial charge is 0.295 e.